The van der Waals surface area contributed by atoms with E-state index in [0.29, 0.717) is 0 Å². The predicted octanol–water partition coefficient (Wildman–Crippen LogP) is 2.65. The van der Waals surface area contributed by atoms with Crippen molar-refractivity contribution in [2.45, 2.75) is 18.9 Å². The van der Waals surface area contributed by atoms with Crippen LogP contribution in [0.3, 0.4) is 0 Å². The third-order valence-corrected chi connectivity index (χ3v) is 2.64. The molecule has 0 fully saturated rings. The number of nitrogens with zero attached hydrogens (tertiary/aromatic N) is 1. The van der Waals surface area contributed by atoms with Crippen LogP contribution in [0.2, 0.25) is 0 Å². The molecule has 0 aliphatic rings. The van der Waals surface area contributed by atoms with Crippen LogP contribution >= 0.6 is 11.6 Å². The number of esters is 1. The number of alkyl halides is 3. The molecule has 9 heteroatoms. The van der Waals surface area contributed by atoms with E-state index in [4.69, 9.17) is 11.6 Å². The fourth-order valence-electron chi connectivity index (χ4n) is 1.60. The summed E-state index contributed by atoms with van der Waals surface area (Å²) in [5.41, 5.74) is -0.531. The number of methoxy groups -OCH3 is 1. The highest BCUT2D eigenvalue weighted by Gasteiger charge is 2.24. The number of nitro groups is 1. The Kier molecular flexibility index (Phi) is 5.63. The molecule has 0 atom stereocenters. The van der Waals surface area contributed by atoms with Gasteiger partial charge in [0.1, 0.15) is 5.75 Å². The fourth-order valence-corrected chi connectivity index (χ4v) is 1.80. The summed E-state index contributed by atoms with van der Waals surface area (Å²) in [6.45, 7) is -3.09. The largest absolute Gasteiger partial charge is 0.469 e. The van der Waals surface area contributed by atoms with Gasteiger partial charge >= 0.3 is 12.6 Å². The summed E-state index contributed by atoms with van der Waals surface area (Å²) in [5, 5.41) is 11.0. The van der Waals surface area contributed by atoms with E-state index in [1.165, 1.54) is 0 Å². The number of hydrogen-bond acceptors (Lipinski definition) is 5. The Bertz CT molecular complexity index is 524. The monoisotopic (exact) mass is 309 g/mol. The Morgan fingerprint density at radius 2 is 2.05 bits per heavy atom. The van der Waals surface area contributed by atoms with Gasteiger partial charge in [0.05, 0.1) is 24.3 Å². The Morgan fingerprint density at radius 3 is 2.50 bits per heavy atom. The number of carbonyl (C=O) groups is 1. The van der Waals surface area contributed by atoms with Crippen LogP contribution in [-0.4, -0.2) is 24.6 Å². The molecule has 0 aromatic heterocycles. The topological polar surface area (TPSA) is 78.7 Å². The van der Waals surface area contributed by atoms with Gasteiger partial charge in [-0.15, -0.1) is 11.6 Å². The molecule has 0 bridgehead atoms. The van der Waals surface area contributed by atoms with Crippen LogP contribution < -0.4 is 4.74 Å². The molecule has 1 rings (SSSR count). The number of carbonyl (C=O) groups excluding carboxylic acids is 1. The molecular formula is C11H10ClF2NO5. The minimum atomic E-state index is -3.09. The molecule has 0 unspecified atom stereocenters. The SMILES string of the molecule is COC(=O)Cc1cc(OC(F)F)cc(CCl)c1[N+](=O)[O-]. The molecule has 110 valence electrons. The van der Waals surface area contributed by atoms with E-state index in [-0.39, 0.29) is 22.8 Å². The second kappa shape index (κ2) is 6.99. The summed E-state index contributed by atoms with van der Waals surface area (Å²) in [7, 11) is 1.11. The van der Waals surface area contributed by atoms with Crippen LogP contribution in [0.15, 0.2) is 12.1 Å². The minimum absolute atomic E-state index is 0.0197. The molecule has 0 heterocycles. The van der Waals surface area contributed by atoms with Crippen LogP contribution in [0.1, 0.15) is 11.1 Å². The average Bonchev–Trinajstić information content (AvgIpc) is 2.36. The zero-order valence-electron chi connectivity index (χ0n) is 10.3. The number of benzene rings is 1. The second-order valence-corrected chi connectivity index (χ2v) is 3.88. The predicted molar refractivity (Wildman–Crippen MR) is 65.0 cm³/mol. The highest BCUT2D eigenvalue weighted by Crippen LogP contribution is 2.31. The van der Waals surface area contributed by atoms with Crippen molar-refractivity contribution >= 4 is 23.3 Å². The quantitative estimate of drug-likeness (QED) is 0.349. The maximum Gasteiger partial charge on any atom is 0.387 e. The molecule has 0 N–H and O–H groups in total. The van der Waals surface area contributed by atoms with E-state index in [1.807, 2.05) is 0 Å². The molecule has 0 radical (unpaired) electrons. The van der Waals surface area contributed by atoms with Crippen molar-refractivity contribution in [1.82, 2.24) is 0 Å². The molecule has 1 aromatic carbocycles. The number of hydrogen-bond donors (Lipinski definition) is 0. The molecule has 1 aromatic rings. The lowest BCUT2D eigenvalue weighted by Gasteiger charge is -2.10. The lowest BCUT2D eigenvalue weighted by atomic mass is 10.0. The third-order valence-electron chi connectivity index (χ3n) is 2.36. The molecule has 0 aliphatic carbocycles. The first-order valence-electron chi connectivity index (χ1n) is 5.26. The van der Waals surface area contributed by atoms with Crippen molar-refractivity contribution in [3.05, 3.63) is 33.4 Å². The highest BCUT2D eigenvalue weighted by molar-refractivity contribution is 6.17. The number of nitro benzene ring substituents is 1. The number of halogens is 3. The highest BCUT2D eigenvalue weighted by atomic mass is 35.5. The summed E-state index contributed by atoms with van der Waals surface area (Å²) in [5.74, 6) is -1.34. The van der Waals surface area contributed by atoms with Gasteiger partial charge in [0.2, 0.25) is 0 Å². The van der Waals surface area contributed by atoms with E-state index in [1.54, 1.807) is 0 Å². The standard InChI is InChI=1S/C11H10ClF2NO5/c1-19-9(16)4-6-2-8(20-11(13)14)3-7(5-12)10(6)15(17)18/h2-3,11H,4-5H2,1H3. The van der Waals surface area contributed by atoms with Crippen LogP contribution in [0, 0.1) is 10.1 Å². The van der Waals surface area contributed by atoms with Crippen molar-refractivity contribution in [3.63, 3.8) is 0 Å². The molecule has 20 heavy (non-hydrogen) atoms. The molecular weight excluding hydrogens is 300 g/mol. The Hall–Kier alpha value is -1.96. The van der Waals surface area contributed by atoms with Crippen LogP contribution in [0.4, 0.5) is 14.5 Å². The second-order valence-electron chi connectivity index (χ2n) is 3.61. The van der Waals surface area contributed by atoms with Gasteiger partial charge < -0.3 is 9.47 Å². The zero-order chi connectivity index (χ0) is 15.3. The average molecular weight is 310 g/mol. The van der Waals surface area contributed by atoms with Gasteiger partial charge in [0, 0.05) is 11.1 Å². The molecule has 6 nitrogen and oxygen atoms in total. The van der Waals surface area contributed by atoms with Gasteiger partial charge in [-0.05, 0) is 12.1 Å². The first-order valence-corrected chi connectivity index (χ1v) is 5.80. The third kappa shape index (κ3) is 4.02. The summed E-state index contributed by atoms with van der Waals surface area (Å²) in [6.07, 6.45) is -0.447. The first-order chi connectivity index (χ1) is 9.38. The molecule has 0 amide bonds. The first kappa shape index (κ1) is 16.1. The van der Waals surface area contributed by atoms with Crippen molar-refractivity contribution in [2.75, 3.05) is 7.11 Å². The fraction of sp³-hybridized carbons (Fsp3) is 0.364. The molecule has 0 saturated carbocycles. The van der Waals surface area contributed by atoms with E-state index in [9.17, 15) is 23.7 Å². The van der Waals surface area contributed by atoms with Crippen LogP contribution in [0.5, 0.6) is 5.75 Å². The van der Waals surface area contributed by atoms with Gasteiger partial charge in [-0.1, -0.05) is 0 Å². The van der Waals surface area contributed by atoms with Crippen LogP contribution in [0.25, 0.3) is 0 Å². The number of rotatable bonds is 6. The van der Waals surface area contributed by atoms with Crippen molar-refractivity contribution in [2.24, 2.45) is 0 Å². The molecule has 0 aliphatic heterocycles. The maximum absolute atomic E-state index is 12.2. The van der Waals surface area contributed by atoms with Gasteiger partial charge in [-0.25, -0.2) is 0 Å². The lowest BCUT2D eigenvalue weighted by molar-refractivity contribution is -0.386. The Labute approximate surface area is 117 Å². The summed E-state index contributed by atoms with van der Waals surface area (Å²) in [4.78, 5) is 21.5. The lowest BCUT2D eigenvalue weighted by Crippen LogP contribution is -2.10. The van der Waals surface area contributed by atoms with E-state index in [0.717, 1.165) is 19.2 Å². The minimum Gasteiger partial charge on any atom is -0.469 e. The smallest absolute Gasteiger partial charge is 0.387 e. The van der Waals surface area contributed by atoms with E-state index in [2.05, 4.69) is 9.47 Å². The van der Waals surface area contributed by atoms with E-state index < -0.39 is 29.6 Å². The summed E-state index contributed by atoms with van der Waals surface area (Å²) in [6, 6.07) is 2.04. The van der Waals surface area contributed by atoms with E-state index >= 15 is 0 Å². The maximum atomic E-state index is 12.2. The zero-order valence-corrected chi connectivity index (χ0v) is 11.0. The van der Waals surface area contributed by atoms with Gasteiger partial charge in [-0.2, -0.15) is 8.78 Å². The van der Waals surface area contributed by atoms with Crippen LogP contribution in [-0.2, 0) is 21.8 Å². The van der Waals surface area contributed by atoms with Gasteiger partial charge in [0.15, 0.2) is 0 Å². The van der Waals surface area contributed by atoms with Gasteiger partial charge in [0.25, 0.3) is 5.69 Å². The van der Waals surface area contributed by atoms with Crippen molar-refractivity contribution in [1.29, 1.82) is 0 Å². The molecule has 0 spiro atoms. The summed E-state index contributed by atoms with van der Waals surface area (Å²) >= 11 is 5.56. The van der Waals surface area contributed by atoms with Crippen molar-refractivity contribution in [3.8, 4) is 5.75 Å². The Balaban J connectivity index is 3.33. The number of ether oxygens (including phenoxy) is 2. The Morgan fingerprint density at radius 1 is 1.45 bits per heavy atom. The van der Waals surface area contributed by atoms with Crippen molar-refractivity contribution < 1.29 is 28.0 Å². The normalized spacial score (nSPS) is 10.4. The van der Waals surface area contributed by atoms with Gasteiger partial charge in [-0.3, -0.25) is 14.9 Å². The summed E-state index contributed by atoms with van der Waals surface area (Å²) < 4.78 is 33.0. The molecule has 0 saturated heterocycles.